The Bertz CT molecular complexity index is 710. The van der Waals surface area contributed by atoms with Crippen LogP contribution in [0.4, 0.5) is 10.1 Å². The molecule has 0 heterocycles. The molecule has 2 N–H and O–H groups in total. The summed E-state index contributed by atoms with van der Waals surface area (Å²) in [5, 5.41) is 6.79. The number of amides is 1. The Morgan fingerprint density at radius 1 is 1.22 bits per heavy atom. The van der Waals surface area contributed by atoms with E-state index in [0.717, 1.165) is 20.1 Å². The monoisotopic (exact) mass is 441 g/mol. The van der Waals surface area contributed by atoms with Crippen molar-refractivity contribution in [1.29, 1.82) is 0 Å². The molecule has 120 valence electrons. The fraction of sp³-hybridized carbons (Fsp3) is 0.125. The number of rotatable bonds is 5. The smallest absolute Gasteiger partial charge is 0.259 e. The Hall–Kier alpha value is -1.73. The van der Waals surface area contributed by atoms with Crippen LogP contribution in [0, 0.1) is 12.7 Å². The SMILES string of the molecule is Cc1c(Br)cc(/C=N\NC(=O)CNc2ccc(F)cc2)cc1Br. The summed E-state index contributed by atoms with van der Waals surface area (Å²) in [6, 6.07) is 9.59. The molecular formula is C16H14Br2FN3O. The van der Waals surface area contributed by atoms with Gasteiger partial charge in [-0.25, -0.2) is 9.82 Å². The number of halogens is 3. The van der Waals surface area contributed by atoms with Gasteiger partial charge >= 0.3 is 0 Å². The molecular weight excluding hydrogens is 429 g/mol. The minimum absolute atomic E-state index is 0.0459. The summed E-state index contributed by atoms with van der Waals surface area (Å²) >= 11 is 6.92. The Balaban J connectivity index is 1.85. The van der Waals surface area contributed by atoms with Gasteiger partial charge in [-0.3, -0.25) is 4.79 Å². The highest BCUT2D eigenvalue weighted by Crippen LogP contribution is 2.25. The molecule has 0 aromatic heterocycles. The van der Waals surface area contributed by atoms with Gasteiger partial charge in [0.1, 0.15) is 5.82 Å². The lowest BCUT2D eigenvalue weighted by molar-refractivity contribution is -0.119. The molecule has 23 heavy (non-hydrogen) atoms. The molecule has 4 nitrogen and oxygen atoms in total. The van der Waals surface area contributed by atoms with Crippen molar-refractivity contribution in [1.82, 2.24) is 5.43 Å². The number of nitrogens with one attached hydrogen (secondary N) is 2. The van der Waals surface area contributed by atoms with E-state index in [1.807, 2.05) is 19.1 Å². The summed E-state index contributed by atoms with van der Waals surface area (Å²) < 4.78 is 14.7. The van der Waals surface area contributed by atoms with Gasteiger partial charge in [-0.2, -0.15) is 5.10 Å². The Kier molecular flexibility index (Phi) is 6.29. The third kappa shape index (κ3) is 5.44. The number of hydrazone groups is 1. The third-order valence-electron chi connectivity index (χ3n) is 3.00. The third-order valence-corrected chi connectivity index (χ3v) is 4.65. The van der Waals surface area contributed by atoms with Crippen LogP contribution in [-0.4, -0.2) is 18.7 Å². The van der Waals surface area contributed by atoms with Crippen molar-refractivity contribution < 1.29 is 9.18 Å². The van der Waals surface area contributed by atoms with E-state index in [9.17, 15) is 9.18 Å². The Labute approximate surface area is 150 Å². The predicted molar refractivity (Wildman–Crippen MR) is 97.2 cm³/mol. The second-order valence-electron chi connectivity index (χ2n) is 4.76. The van der Waals surface area contributed by atoms with Crippen molar-refractivity contribution in [2.45, 2.75) is 6.92 Å². The van der Waals surface area contributed by atoms with Crippen LogP contribution in [0.2, 0.25) is 0 Å². The van der Waals surface area contributed by atoms with Gasteiger partial charge in [-0.15, -0.1) is 0 Å². The molecule has 0 radical (unpaired) electrons. The number of hydrogen-bond donors (Lipinski definition) is 2. The van der Waals surface area contributed by atoms with E-state index in [1.165, 1.54) is 12.1 Å². The van der Waals surface area contributed by atoms with Gasteiger partial charge in [-0.05, 0) is 54.4 Å². The largest absolute Gasteiger partial charge is 0.376 e. The number of hydrogen-bond acceptors (Lipinski definition) is 3. The second kappa shape index (κ2) is 8.21. The summed E-state index contributed by atoms with van der Waals surface area (Å²) in [4.78, 5) is 11.7. The summed E-state index contributed by atoms with van der Waals surface area (Å²) in [5.74, 6) is -0.615. The topological polar surface area (TPSA) is 53.5 Å². The fourth-order valence-corrected chi connectivity index (χ4v) is 2.93. The van der Waals surface area contributed by atoms with Crippen molar-refractivity contribution in [3.05, 3.63) is 62.3 Å². The minimum Gasteiger partial charge on any atom is -0.376 e. The van der Waals surface area contributed by atoms with Gasteiger partial charge in [0, 0.05) is 14.6 Å². The maximum absolute atomic E-state index is 12.8. The van der Waals surface area contributed by atoms with Crippen LogP contribution in [0.1, 0.15) is 11.1 Å². The average Bonchev–Trinajstić information content (AvgIpc) is 2.52. The summed E-state index contributed by atoms with van der Waals surface area (Å²) in [6.07, 6.45) is 1.56. The quantitative estimate of drug-likeness (QED) is 0.538. The first-order valence-corrected chi connectivity index (χ1v) is 8.31. The van der Waals surface area contributed by atoms with Crippen LogP contribution < -0.4 is 10.7 Å². The van der Waals surface area contributed by atoms with E-state index in [-0.39, 0.29) is 18.3 Å². The lowest BCUT2D eigenvalue weighted by Gasteiger charge is -2.05. The summed E-state index contributed by atoms with van der Waals surface area (Å²) in [7, 11) is 0. The van der Waals surface area contributed by atoms with Crippen LogP contribution in [0.3, 0.4) is 0 Å². The molecule has 0 atom stereocenters. The highest BCUT2D eigenvalue weighted by Gasteiger charge is 2.02. The van der Waals surface area contributed by atoms with Crippen molar-refractivity contribution in [3.63, 3.8) is 0 Å². The Morgan fingerprint density at radius 2 is 1.83 bits per heavy atom. The van der Waals surface area contributed by atoms with E-state index >= 15 is 0 Å². The predicted octanol–water partition coefficient (Wildman–Crippen LogP) is 4.22. The molecule has 0 saturated heterocycles. The normalized spacial score (nSPS) is 10.8. The first-order valence-electron chi connectivity index (χ1n) is 6.72. The van der Waals surface area contributed by atoms with Crippen LogP contribution in [0.25, 0.3) is 0 Å². The second-order valence-corrected chi connectivity index (χ2v) is 6.47. The van der Waals surface area contributed by atoms with E-state index < -0.39 is 0 Å². The first kappa shape index (κ1) is 17.6. The number of anilines is 1. The molecule has 0 spiro atoms. The number of nitrogens with zero attached hydrogens (tertiary/aromatic N) is 1. The van der Waals surface area contributed by atoms with Crippen LogP contribution in [0.5, 0.6) is 0 Å². The molecule has 7 heteroatoms. The number of benzene rings is 2. The van der Waals surface area contributed by atoms with Crippen molar-refractivity contribution >= 4 is 49.7 Å². The maximum atomic E-state index is 12.8. The molecule has 0 saturated carbocycles. The molecule has 0 fully saturated rings. The standard InChI is InChI=1S/C16H14Br2FN3O/c1-10-14(17)6-11(7-15(10)18)8-21-22-16(23)9-20-13-4-2-12(19)3-5-13/h2-8,20H,9H2,1H3,(H,22,23)/b21-8-. The molecule has 0 aliphatic carbocycles. The van der Waals surface area contributed by atoms with Gasteiger partial charge in [0.25, 0.3) is 5.91 Å². The van der Waals surface area contributed by atoms with Crippen molar-refractivity contribution in [3.8, 4) is 0 Å². The lowest BCUT2D eigenvalue weighted by atomic mass is 10.2. The van der Waals surface area contributed by atoms with Gasteiger partial charge in [0.15, 0.2) is 0 Å². The van der Waals surface area contributed by atoms with Crippen LogP contribution in [0.15, 0.2) is 50.4 Å². The molecule has 0 aliphatic heterocycles. The maximum Gasteiger partial charge on any atom is 0.259 e. The minimum atomic E-state index is -0.319. The van der Waals surface area contributed by atoms with E-state index in [4.69, 9.17) is 0 Å². The van der Waals surface area contributed by atoms with Crippen molar-refractivity contribution in [2.75, 3.05) is 11.9 Å². The highest BCUT2D eigenvalue weighted by atomic mass is 79.9. The summed E-state index contributed by atoms with van der Waals surface area (Å²) in [5.41, 5.74) is 5.03. The molecule has 0 unspecified atom stereocenters. The summed E-state index contributed by atoms with van der Waals surface area (Å²) in [6.45, 7) is 2.03. The zero-order valence-corrected chi connectivity index (χ0v) is 15.4. The van der Waals surface area contributed by atoms with E-state index in [0.29, 0.717) is 5.69 Å². The van der Waals surface area contributed by atoms with Crippen molar-refractivity contribution in [2.24, 2.45) is 5.10 Å². The molecule has 2 aromatic rings. The molecule has 2 aromatic carbocycles. The van der Waals surface area contributed by atoms with Gasteiger partial charge in [0.05, 0.1) is 12.8 Å². The van der Waals surface area contributed by atoms with Crippen LogP contribution >= 0.6 is 31.9 Å². The first-order chi connectivity index (χ1) is 11.0. The van der Waals surface area contributed by atoms with Gasteiger partial charge < -0.3 is 5.32 Å². The van der Waals surface area contributed by atoms with E-state index in [2.05, 4.69) is 47.7 Å². The van der Waals surface area contributed by atoms with Gasteiger partial charge in [-0.1, -0.05) is 31.9 Å². The molecule has 0 aliphatic rings. The van der Waals surface area contributed by atoms with Gasteiger partial charge in [0.2, 0.25) is 0 Å². The number of carbonyl (C=O) groups excluding carboxylic acids is 1. The lowest BCUT2D eigenvalue weighted by Crippen LogP contribution is -2.25. The molecule has 2 rings (SSSR count). The zero-order valence-electron chi connectivity index (χ0n) is 12.2. The number of carbonyl (C=O) groups is 1. The van der Waals surface area contributed by atoms with Crippen LogP contribution in [-0.2, 0) is 4.79 Å². The average molecular weight is 443 g/mol. The fourth-order valence-electron chi connectivity index (χ4n) is 1.71. The zero-order chi connectivity index (χ0) is 16.8. The molecule has 1 amide bonds. The van der Waals surface area contributed by atoms with E-state index in [1.54, 1.807) is 18.3 Å². The molecule has 0 bridgehead atoms. The Morgan fingerprint density at radius 3 is 2.43 bits per heavy atom. The highest BCUT2D eigenvalue weighted by molar-refractivity contribution is 9.11.